The number of hydrogen-bond acceptors (Lipinski definition) is 2. The molecule has 0 aliphatic carbocycles. The Morgan fingerprint density at radius 3 is 2.41 bits per heavy atom. The first-order chi connectivity index (χ1) is 14.0. The van der Waals surface area contributed by atoms with Crippen molar-refractivity contribution in [2.75, 3.05) is 5.32 Å². The summed E-state index contributed by atoms with van der Waals surface area (Å²) in [5.74, 6) is -0.254. The Hall–Kier alpha value is -3.46. The van der Waals surface area contributed by atoms with Crippen LogP contribution in [-0.2, 0) is 4.79 Å². The summed E-state index contributed by atoms with van der Waals surface area (Å²) in [4.78, 5) is 17.2. The molecule has 4 aromatic rings. The highest BCUT2D eigenvalue weighted by molar-refractivity contribution is 5.99. The van der Waals surface area contributed by atoms with E-state index in [2.05, 4.69) is 47.6 Å². The number of benzene rings is 3. The van der Waals surface area contributed by atoms with Crippen molar-refractivity contribution in [1.29, 1.82) is 0 Å². The van der Waals surface area contributed by atoms with E-state index in [1.165, 1.54) is 5.39 Å². The molecule has 1 unspecified atom stereocenters. The highest BCUT2D eigenvalue weighted by Crippen LogP contribution is 2.29. The number of rotatable bonds is 4. The van der Waals surface area contributed by atoms with Gasteiger partial charge in [0.05, 0.1) is 5.92 Å². The number of nitrogens with one attached hydrogen (secondary N) is 1. The number of nitrogens with zero attached hydrogens (tertiary/aromatic N) is 1. The lowest BCUT2D eigenvalue weighted by atomic mass is 9.92. The molecule has 0 saturated carbocycles. The first-order valence-corrected chi connectivity index (χ1v) is 9.84. The number of aromatic nitrogens is 1. The minimum atomic E-state index is -0.248. The Morgan fingerprint density at radius 2 is 1.66 bits per heavy atom. The van der Waals surface area contributed by atoms with E-state index in [9.17, 15) is 4.79 Å². The quantitative estimate of drug-likeness (QED) is 0.454. The van der Waals surface area contributed by atoms with Crippen LogP contribution in [0.25, 0.3) is 21.9 Å². The Morgan fingerprint density at radius 1 is 0.897 bits per heavy atom. The van der Waals surface area contributed by atoms with E-state index in [4.69, 9.17) is 0 Å². The number of fused-ring (bicyclic) bond motifs is 1. The van der Waals surface area contributed by atoms with Crippen LogP contribution >= 0.6 is 0 Å². The predicted octanol–water partition coefficient (Wildman–Crippen LogP) is 6.26. The fourth-order valence-corrected chi connectivity index (χ4v) is 3.72. The molecule has 1 atom stereocenters. The maximum Gasteiger partial charge on any atom is 0.231 e. The second kappa shape index (κ2) is 7.88. The van der Waals surface area contributed by atoms with Crippen molar-refractivity contribution in [3.05, 3.63) is 95.8 Å². The Bertz CT molecular complexity index is 1180. The van der Waals surface area contributed by atoms with Gasteiger partial charge in [0, 0.05) is 17.6 Å². The number of carbonyl (C=O) groups excluding carboxylic acids is 1. The molecule has 0 radical (unpaired) electrons. The second-order valence-electron chi connectivity index (χ2n) is 7.55. The van der Waals surface area contributed by atoms with Crippen LogP contribution in [0, 0.1) is 13.8 Å². The molecule has 0 saturated heterocycles. The SMILES string of the molecule is Cc1cc(C(C)C(=O)Nc2ccc(-c3ccnc(C)c3)cc2)c2ccccc2c1. The number of aryl methyl sites for hydroxylation is 2. The summed E-state index contributed by atoms with van der Waals surface area (Å²) < 4.78 is 0. The molecule has 0 fully saturated rings. The van der Waals surface area contributed by atoms with Crippen molar-refractivity contribution >= 4 is 22.4 Å². The topological polar surface area (TPSA) is 42.0 Å². The lowest BCUT2D eigenvalue weighted by Crippen LogP contribution is -2.19. The molecular weight excluding hydrogens is 356 g/mol. The lowest BCUT2D eigenvalue weighted by Gasteiger charge is -2.16. The zero-order valence-corrected chi connectivity index (χ0v) is 16.9. The van der Waals surface area contributed by atoms with Gasteiger partial charge in [0.1, 0.15) is 0 Å². The summed E-state index contributed by atoms with van der Waals surface area (Å²) in [5.41, 5.74) is 6.23. The summed E-state index contributed by atoms with van der Waals surface area (Å²) in [5, 5.41) is 5.36. The monoisotopic (exact) mass is 380 g/mol. The van der Waals surface area contributed by atoms with Gasteiger partial charge in [0.15, 0.2) is 0 Å². The Balaban J connectivity index is 1.55. The van der Waals surface area contributed by atoms with Crippen molar-refractivity contribution in [3.63, 3.8) is 0 Å². The summed E-state index contributed by atoms with van der Waals surface area (Å²) in [6.45, 7) is 6.01. The van der Waals surface area contributed by atoms with Crippen molar-refractivity contribution < 1.29 is 4.79 Å². The fraction of sp³-hybridized carbons (Fsp3) is 0.154. The molecule has 0 spiro atoms. The molecule has 4 rings (SSSR count). The molecule has 1 heterocycles. The van der Waals surface area contributed by atoms with E-state index in [0.29, 0.717) is 0 Å². The Kier molecular flexibility index (Phi) is 5.13. The van der Waals surface area contributed by atoms with Gasteiger partial charge in [0.25, 0.3) is 0 Å². The van der Waals surface area contributed by atoms with Gasteiger partial charge < -0.3 is 5.32 Å². The Labute approximate surface area is 171 Å². The van der Waals surface area contributed by atoms with E-state index in [1.807, 2.05) is 62.5 Å². The molecule has 0 aliphatic rings. The number of hydrogen-bond donors (Lipinski definition) is 1. The smallest absolute Gasteiger partial charge is 0.231 e. The van der Waals surface area contributed by atoms with E-state index in [1.54, 1.807) is 0 Å². The summed E-state index contributed by atoms with van der Waals surface area (Å²) >= 11 is 0. The first-order valence-electron chi connectivity index (χ1n) is 9.84. The van der Waals surface area contributed by atoms with Gasteiger partial charge in [-0.25, -0.2) is 0 Å². The van der Waals surface area contributed by atoms with Crippen LogP contribution in [0.15, 0.2) is 79.0 Å². The van der Waals surface area contributed by atoms with Crippen LogP contribution in [0.4, 0.5) is 5.69 Å². The molecule has 0 aliphatic heterocycles. The van der Waals surface area contributed by atoms with Crippen LogP contribution in [-0.4, -0.2) is 10.9 Å². The average Bonchev–Trinajstić information content (AvgIpc) is 2.73. The third kappa shape index (κ3) is 4.04. The average molecular weight is 380 g/mol. The first kappa shape index (κ1) is 18.9. The van der Waals surface area contributed by atoms with Gasteiger partial charge in [-0.05, 0) is 72.5 Å². The van der Waals surface area contributed by atoms with Gasteiger partial charge in [-0.1, -0.05) is 54.1 Å². The van der Waals surface area contributed by atoms with Crippen molar-refractivity contribution in [2.45, 2.75) is 26.7 Å². The van der Waals surface area contributed by atoms with Crippen LogP contribution in [0.5, 0.6) is 0 Å². The minimum absolute atomic E-state index is 0.00624. The molecule has 3 nitrogen and oxygen atoms in total. The normalized spacial score (nSPS) is 12.0. The van der Waals surface area contributed by atoms with E-state index in [-0.39, 0.29) is 11.8 Å². The van der Waals surface area contributed by atoms with Crippen molar-refractivity contribution in [1.82, 2.24) is 4.98 Å². The molecule has 1 aromatic heterocycles. The summed E-state index contributed by atoms with van der Waals surface area (Å²) in [7, 11) is 0. The number of carbonyl (C=O) groups is 1. The molecular formula is C26H24N2O. The van der Waals surface area contributed by atoms with E-state index >= 15 is 0 Å². The fourth-order valence-electron chi connectivity index (χ4n) is 3.72. The lowest BCUT2D eigenvalue weighted by molar-refractivity contribution is -0.117. The third-order valence-electron chi connectivity index (χ3n) is 5.28. The van der Waals surface area contributed by atoms with Gasteiger partial charge in [-0.2, -0.15) is 0 Å². The van der Waals surface area contributed by atoms with Gasteiger partial charge in [-0.3, -0.25) is 9.78 Å². The maximum atomic E-state index is 12.9. The highest BCUT2D eigenvalue weighted by Gasteiger charge is 2.18. The van der Waals surface area contributed by atoms with Gasteiger partial charge in [-0.15, -0.1) is 0 Å². The predicted molar refractivity (Wildman–Crippen MR) is 120 cm³/mol. The maximum absolute atomic E-state index is 12.9. The largest absolute Gasteiger partial charge is 0.326 e. The summed E-state index contributed by atoms with van der Waals surface area (Å²) in [6.07, 6.45) is 1.81. The second-order valence-corrected chi connectivity index (χ2v) is 7.55. The molecule has 1 N–H and O–H groups in total. The zero-order chi connectivity index (χ0) is 20.4. The van der Waals surface area contributed by atoms with E-state index < -0.39 is 0 Å². The molecule has 144 valence electrons. The number of anilines is 1. The zero-order valence-electron chi connectivity index (χ0n) is 16.9. The van der Waals surface area contributed by atoms with Crippen LogP contribution in [0.1, 0.15) is 29.7 Å². The van der Waals surface area contributed by atoms with Gasteiger partial charge >= 0.3 is 0 Å². The van der Waals surface area contributed by atoms with Crippen LogP contribution in [0.2, 0.25) is 0 Å². The third-order valence-corrected chi connectivity index (χ3v) is 5.28. The summed E-state index contributed by atoms with van der Waals surface area (Å²) in [6, 6.07) is 24.5. The van der Waals surface area contributed by atoms with Crippen molar-refractivity contribution in [2.24, 2.45) is 0 Å². The minimum Gasteiger partial charge on any atom is -0.326 e. The van der Waals surface area contributed by atoms with Crippen molar-refractivity contribution in [3.8, 4) is 11.1 Å². The molecule has 1 amide bonds. The van der Waals surface area contributed by atoms with Gasteiger partial charge in [0.2, 0.25) is 5.91 Å². The number of pyridine rings is 1. The van der Waals surface area contributed by atoms with E-state index in [0.717, 1.165) is 39.0 Å². The highest BCUT2D eigenvalue weighted by atomic mass is 16.1. The van der Waals surface area contributed by atoms with Crippen LogP contribution in [0.3, 0.4) is 0 Å². The number of amides is 1. The standard InChI is InChI=1S/C26H24N2O/c1-17-14-22-6-4-5-7-24(22)25(15-17)19(3)26(29)28-23-10-8-20(9-11-23)21-12-13-27-18(2)16-21/h4-16,19H,1-3H3,(H,28,29). The molecule has 29 heavy (non-hydrogen) atoms. The molecule has 3 aromatic carbocycles. The van der Waals surface area contributed by atoms with Crippen LogP contribution < -0.4 is 5.32 Å². The molecule has 0 bridgehead atoms. The molecule has 3 heteroatoms.